The summed E-state index contributed by atoms with van der Waals surface area (Å²) in [7, 11) is 0. The number of nitrogens with zero attached hydrogens (tertiary/aromatic N) is 2. The molecule has 3 rings (SSSR count). The molecule has 1 aliphatic heterocycles. The predicted octanol–water partition coefficient (Wildman–Crippen LogP) is 5.53. The second-order valence-corrected chi connectivity index (χ2v) is 7.31. The van der Waals surface area contributed by atoms with Crippen LogP contribution in [0.25, 0.3) is 0 Å². The Balaban J connectivity index is 1.88. The van der Waals surface area contributed by atoms with Gasteiger partial charge in [0.05, 0.1) is 10.6 Å². The van der Waals surface area contributed by atoms with E-state index >= 15 is 0 Å². The minimum absolute atomic E-state index is 0.0281. The van der Waals surface area contributed by atoms with E-state index in [4.69, 9.17) is 27.9 Å². The Hall–Kier alpha value is -2.50. The molecule has 0 amide bonds. The average molecular weight is 403 g/mol. The highest BCUT2D eigenvalue weighted by Gasteiger charge is 2.39. The van der Waals surface area contributed by atoms with Crippen LogP contribution < -0.4 is 0 Å². The van der Waals surface area contributed by atoms with Crippen molar-refractivity contribution in [2.45, 2.75) is 19.4 Å². The van der Waals surface area contributed by atoms with E-state index in [-0.39, 0.29) is 40.2 Å². The van der Waals surface area contributed by atoms with Crippen LogP contribution in [0.4, 0.5) is 0 Å². The van der Waals surface area contributed by atoms with E-state index in [9.17, 15) is 9.59 Å². The second kappa shape index (κ2) is 7.62. The van der Waals surface area contributed by atoms with Crippen LogP contribution in [0.3, 0.4) is 0 Å². The summed E-state index contributed by atoms with van der Waals surface area (Å²) in [5, 5.41) is 8.72. The van der Waals surface area contributed by atoms with E-state index < -0.39 is 5.54 Å². The van der Waals surface area contributed by atoms with Crippen LogP contribution in [0.5, 0.6) is 0 Å². The summed E-state index contributed by atoms with van der Waals surface area (Å²) in [5.74, 6) is -0.562. The number of benzene rings is 2. The number of ketones is 2. The molecule has 0 saturated heterocycles. The lowest BCUT2D eigenvalue weighted by atomic mass is 9.89. The Morgan fingerprint density at radius 1 is 1.07 bits per heavy atom. The maximum Gasteiger partial charge on any atom is 0.243 e. The molecule has 0 fully saturated rings. The third kappa shape index (κ3) is 4.10. The van der Waals surface area contributed by atoms with Gasteiger partial charge in [-0.1, -0.05) is 53.5 Å². The highest BCUT2D eigenvalue weighted by Crippen LogP contribution is 2.36. The maximum atomic E-state index is 13.0. The number of azo groups is 1. The molecule has 0 unspecified atom stereocenters. The van der Waals surface area contributed by atoms with Crippen molar-refractivity contribution < 1.29 is 14.3 Å². The van der Waals surface area contributed by atoms with Gasteiger partial charge in [-0.2, -0.15) is 5.11 Å². The molecule has 0 bridgehead atoms. The molecule has 0 N–H and O–H groups in total. The van der Waals surface area contributed by atoms with Crippen molar-refractivity contribution in [3.05, 3.63) is 81.2 Å². The zero-order valence-corrected chi connectivity index (χ0v) is 16.2. The van der Waals surface area contributed by atoms with Crippen LogP contribution in [-0.2, 0) is 4.74 Å². The third-order valence-corrected chi connectivity index (χ3v) is 4.60. The first-order valence-corrected chi connectivity index (χ1v) is 8.93. The van der Waals surface area contributed by atoms with Crippen molar-refractivity contribution in [2.24, 2.45) is 10.2 Å². The lowest BCUT2D eigenvalue weighted by Crippen LogP contribution is -2.25. The highest BCUT2D eigenvalue weighted by atomic mass is 35.5. The fourth-order valence-electron chi connectivity index (χ4n) is 2.66. The van der Waals surface area contributed by atoms with Gasteiger partial charge in [-0.15, -0.1) is 5.11 Å². The molecule has 0 radical (unpaired) electrons. The molecular formula is C20H16Cl2N2O3. The number of ether oxygens (including phenoxy) is 1. The quantitative estimate of drug-likeness (QED) is 0.596. The van der Waals surface area contributed by atoms with Gasteiger partial charge in [-0.05, 0) is 32.0 Å². The number of hydrogen-bond acceptors (Lipinski definition) is 5. The Kier molecular flexibility index (Phi) is 5.44. The fourth-order valence-corrected chi connectivity index (χ4v) is 3.15. The minimum atomic E-state index is -0.898. The highest BCUT2D eigenvalue weighted by molar-refractivity contribution is 6.37. The van der Waals surface area contributed by atoms with Gasteiger partial charge in [0, 0.05) is 16.1 Å². The Labute approximate surface area is 166 Å². The second-order valence-electron chi connectivity index (χ2n) is 6.47. The molecule has 27 heavy (non-hydrogen) atoms. The smallest absolute Gasteiger partial charge is 0.243 e. The van der Waals surface area contributed by atoms with E-state index in [0.717, 1.165) is 0 Å². The molecule has 138 valence electrons. The van der Waals surface area contributed by atoms with Crippen molar-refractivity contribution in [3.8, 4) is 0 Å². The molecule has 0 aromatic heterocycles. The Bertz CT molecular complexity index is 966. The summed E-state index contributed by atoms with van der Waals surface area (Å²) in [4.78, 5) is 25.3. The SMILES string of the molecule is CC1(C)N=NC(OCC(=O)c2ccccc2)=C1C(=O)c1ccc(Cl)cc1Cl. The summed E-state index contributed by atoms with van der Waals surface area (Å²) in [6.07, 6.45) is 0. The van der Waals surface area contributed by atoms with E-state index in [1.54, 1.807) is 50.2 Å². The summed E-state index contributed by atoms with van der Waals surface area (Å²) in [6.45, 7) is 3.23. The molecule has 0 saturated carbocycles. The van der Waals surface area contributed by atoms with Crippen molar-refractivity contribution >= 4 is 34.8 Å². The van der Waals surface area contributed by atoms with Crippen LogP contribution in [-0.4, -0.2) is 23.7 Å². The number of rotatable bonds is 6. The van der Waals surface area contributed by atoms with E-state index in [0.29, 0.717) is 10.6 Å². The number of carbonyl (C=O) groups is 2. The summed E-state index contributed by atoms with van der Waals surface area (Å²) < 4.78 is 5.55. The molecule has 0 atom stereocenters. The van der Waals surface area contributed by atoms with Crippen molar-refractivity contribution in [1.29, 1.82) is 0 Å². The molecule has 5 nitrogen and oxygen atoms in total. The average Bonchev–Trinajstić information content (AvgIpc) is 2.94. The first-order chi connectivity index (χ1) is 12.8. The standard InChI is InChI=1S/C20H16Cl2N2O3/c1-20(2)17(18(26)14-9-8-13(21)10-15(14)22)19(23-24-20)27-11-16(25)12-6-4-3-5-7-12/h3-10H,11H2,1-2H3. The van der Waals surface area contributed by atoms with Gasteiger partial charge in [0.1, 0.15) is 5.54 Å². The zero-order chi connectivity index (χ0) is 19.6. The van der Waals surface area contributed by atoms with Crippen molar-refractivity contribution in [1.82, 2.24) is 0 Å². The molecule has 0 aliphatic carbocycles. The zero-order valence-electron chi connectivity index (χ0n) is 14.7. The largest absolute Gasteiger partial charge is 0.468 e. The van der Waals surface area contributed by atoms with E-state index in [1.165, 1.54) is 6.07 Å². The molecule has 1 aliphatic rings. The predicted molar refractivity (Wildman–Crippen MR) is 103 cm³/mol. The molecule has 2 aromatic carbocycles. The lowest BCUT2D eigenvalue weighted by molar-refractivity contribution is 0.0849. The van der Waals surface area contributed by atoms with Gasteiger partial charge < -0.3 is 4.74 Å². The normalized spacial score (nSPS) is 15.1. The number of halogens is 2. The molecule has 2 aromatic rings. The van der Waals surface area contributed by atoms with E-state index in [1.807, 2.05) is 6.07 Å². The molecular weight excluding hydrogens is 387 g/mol. The summed E-state index contributed by atoms with van der Waals surface area (Å²) >= 11 is 12.1. The van der Waals surface area contributed by atoms with Gasteiger partial charge in [-0.25, -0.2) is 0 Å². The first kappa shape index (κ1) is 19.3. The minimum Gasteiger partial charge on any atom is -0.468 e. The molecule has 7 heteroatoms. The van der Waals surface area contributed by atoms with Crippen LogP contribution in [0, 0.1) is 0 Å². The van der Waals surface area contributed by atoms with Crippen LogP contribution >= 0.6 is 23.2 Å². The van der Waals surface area contributed by atoms with Gasteiger partial charge >= 0.3 is 0 Å². The number of carbonyl (C=O) groups excluding carboxylic acids is 2. The summed E-state index contributed by atoms with van der Waals surface area (Å²) in [5.41, 5.74) is 0.131. The number of Topliss-reactive ketones (excluding diaryl/α,β-unsaturated/α-hetero) is 2. The fraction of sp³-hybridized carbons (Fsp3) is 0.200. The molecule has 1 heterocycles. The van der Waals surface area contributed by atoms with Gasteiger partial charge in [-0.3, -0.25) is 9.59 Å². The summed E-state index contributed by atoms with van der Waals surface area (Å²) in [6, 6.07) is 13.4. The lowest BCUT2D eigenvalue weighted by Gasteiger charge is -2.17. The molecule has 0 spiro atoms. The van der Waals surface area contributed by atoms with Crippen LogP contribution in [0.15, 0.2) is 70.2 Å². The third-order valence-electron chi connectivity index (χ3n) is 4.06. The van der Waals surface area contributed by atoms with E-state index in [2.05, 4.69) is 10.2 Å². The maximum absolute atomic E-state index is 13.0. The topological polar surface area (TPSA) is 68.1 Å². The van der Waals surface area contributed by atoms with Gasteiger partial charge in [0.25, 0.3) is 0 Å². The van der Waals surface area contributed by atoms with Crippen molar-refractivity contribution in [2.75, 3.05) is 6.61 Å². The van der Waals surface area contributed by atoms with Crippen LogP contribution in [0.2, 0.25) is 10.0 Å². The van der Waals surface area contributed by atoms with Gasteiger partial charge in [0.2, 0.25) is 5.88 Å². The number of hydrogen-bond donors (Lipinski definition) is 0. The Morgan fingerprint density at radius 3 is 2.44 bits per heavy atom. The van der Waals surface area contributed by atoms with Crippen molar-refractivity contribution in [3.63, 3.8) is 0 Å². The van der Waals surface area contributed by atoms with Crippen LogP contribution in [0.1, 0.15) is 34.6 Å². The van der Waals surface area contributed by atoms with Gasteiger partial charge in [0.15, 0.2) is 18.2 Å². The Morgan fingerprint density at radius 2 is 1.78 bits per heavy atom. The first-order valence-electron chi connectivity index (χ1n) is 8.18. The monoisotopic (exact) mass is 402 g/mol.